The molecule has 29 heavy (non-hydrogen) atoms. The molecule has 1 fully saturated rings. The highest BCUT2D eigenvalue weighted by Crippen LogP contribution is 2.32. The number of anilines is 1. The van der Waals surface area contributed by atoms with Crippen molar-refractivity contribution in [2.75, 3.05) is 11.9 Å². The van der Waals surface area contributed by atoms with Crippen LogP contribution in [0.15, 0.2) is 47.4 Å². The van der Waals surface area contributed by atoms with Gasteiger partial charge in [0.2, 0.25) is 5.91 Å². The number of hydrogen-bond acceptors (Lipinski definition) is 6. The molecule has 2 amide bonds. The van der Waals surface area contributed by atoms with Gasteiger partial charge in [-0.2, -0.15) is 0 Å². The van der Waals surface area contributed by atoms with E-state index in [-0.39, 0.29) is 24.2 Å². The number of thiocarbonyl (C=S) groups is 1. The fraction of sp³-hybridized carbons (Fsp3) is 0.100. The fourth-order valence-electron chi connectivity index (χ4n) is 2.73. The summed E-state index contributed by atoms with van der Waals surface area (Å²) in [5, 5.41) is 3.21. The normalized spacial score (nSPS) is 15.5. The first-order valence-corrected chi connectivity index (χ1v) is 10.6. The smallest absolute Gasteiger partial charge is 0.266 e. The molecule has 1 N–H and O–H groups in total. The molecule has 0 aliphatic carbocycles. The van der Waals surface area contributed by atoms with Gasteiger partial charge in [-0.3, -0.25) is 14.5 Å². The molecule has 1 aliphatic rings. The number of rotatable bonds is 4. The van der Waals surface area contributed by atoms with Crippen LogP contribution in [0.5, 0.6) is 0 Å². The number of halogens is 1. The summed E-state index contributed by atoms with van der Waals surface area (Å²) in [5.74, 6) is -1.07. The zero-order valence-electron chi connectivity index (χ0n) is 15.1. The van der Waals surface area contributed by atoms with Gasteiger partial charge in [-0.15, -0.1) is 0 Å². The van der Waals surface area contributed by atoms with Gasteiger partial charge in [0.25, 0.3) is 5.91 Å². The largest absolute Gasteiger partial charge is 0.300 e. The SMILES string of the molecule is Cc1ccc2nc(NC(=O)CN3C(=O)/C(=C/c4ccc(F)cc4)SC3=S)sc2c1. The number of nitrogens with one attached hydrogen (secondary N) is 1. The lowest BCUT2D eigenvalue weighted by Gasteiger charge is -2.13. The average Bonchev–Trinajstić information content (AvgIpc) is 3.18. The molecular weight excluding hydrogens is 429 g/mol. The van der Waals surface area contributed by atoms with Crippen molar-refractivity contribution in [3.63, 3.8) is 0 Å². The number of hydrogen-bond donors (Lipinski definition) is 1. The molecule has 9 heteroatoms. The molecule has 1 aromatic heterocycles. The highest BCUT2D eigenvalue weighted by atomic mass is 32.2. The van der Waals surface area contributed by atoms with Crippen LogP contribution in [0.3, 0.4) is 0 Å². The number of aromatic nitrogens is 1. The van der Waals surface area contributed by atoms with Crippen molar-refractivity contribution in [2.24, 2.45) is 0 Å². The van der Waals surface area contributed by atoms with Gasteiger partial charge < -0.3 is 5.32 Å². The summed E-state index contributed by atoms with van der Waals surface area (Å²) in [6.07, 6.45) is 1.63. The van der Waals surface area contributed by atoms with E-state index in [1.165, 1.54) is 28.4 Å². The van der Waals surface area contributed by atoms with Crippen LogP contribution in [0.2, 0.25) is 0 Å². The lowest BCUT2D eigenvalue weighted by Crippen LogP contribution is -2.36. The minimum absolute atomic E-state index is 0.194. The summed E-state index contributed by atoms with van der Waals surface area (Å²) in [4.78, 5) is 31.1. The van der Waals surface area contributed by atoms with Gasteiger partial charge >= 0.3 is 0 Å². The summed E-state index contributed by atoms with van der Waals surface area (Å²) in [7, 11) is 0. The van der Waals surface area contributed by atoms with Crippen molar-refractivity contribution in [2.45, 2.75) is 6.92 Å². The lowest BCUT2D eigenvalue weighted by atomic mass is 10.2. The summed E-state index contributed by atoms with van der Waals surface area (Å²) >= 11 is 7.75. The summed E-state index contributed by atoms with van der Waals surface area (Å²) < 4.78 is 14.3. The Labute approximate surface area is 179 Å². The molecule has 2 heterocycles. The van der Waals surface area contributed by atoms with Crippen LogP contribution in [0.4, 0.5) is 9.52 Å². The molecule has 3 aromatic rings. The molecule has 1 aliphatic heterocycles. The maximum absolute atomic E-state index is 13.0. The Morgan fingerprint density at radius 1 is 1.28 bits per heavy atom. The Balaban J connectivity index is 1.45. The molecule has 0 atom stereocenters. The van der Waals surface area contributed by atoms with Crippen LogP contribution in [0.25, 0.3) is 16.3 Å². The molecule has 5 nitrogen and oxygen atoms in total. The Morgan fingerprint density at radius 3 is 2.79 bits per heavy atom. The van der Waals surface area contributed by atoms with Crippen LogP contribution in [-0.2, 0) is 9.59 Å². The van der Waals surface area contributed by atoms with Gasteiger partial charge in [0.1, 0.15) is 16.7 Å². The standard InChI is InChI=1S/C20H14FN3O2S3/c1-11-2-7-14-15(8-11)28-19(22-14)23-17(25)10-24-18(26)16(29-20(24)27)9-12-3-5-13(21)6-4-12/h2-9H,10H2,1H3,(H,22,23,25)/b16-9-. The first-order chi connectivity index (χ1) is 13.9. The maximum Gasteiger partial charge on any atom is 0.266 e. The third-order valence-corrected chi connectivity index (χ3v) is 6.44. The van der Waals surface area contributed by atoms with Crippen molar-refractivity contribution in [1.29, 1.82) is 0 Å². The van der Waals surface area contributed by atoms with E-state index in [9.17, 15) is 14.0 Å². The number of fused-ring (bicyclic) bond motifs is 1. The molecule has 4 rings (SSSR count). The van der Waals surface area contributed by atoms with E-state index in [0.717, 1.165) is 27.5 Å². The quantitative estimate of drug-likeness (QED) is 0.472. The second kappa shape index (κ2) is 8.02. The van der Waals surface area contributed by atoms with Gasteiger partial charge in [0.05, 0.1) is 15.1 Å². The van der Waals surface area contributed by atoms with E-state index in [1.54, 1.807) is 18.2 Å². The Morgan fingerprint density at radius 2 is 2.03 bits per heavy atom. The molecule has 0 radical (unpaired) electrons. The van der Waals surface area contributed by atoms with Crippen molar-refractivity contribution in [1.82, 2.24) is 9.88 Å². The van der Waals surface area contributed by atoms with Crippen molar-refractivity contribution in [3.05, 3.63) is 64.3 Å². The van der Waals surface area contributed by atoms with Gasteiger partial charge in [0.15, 0.2) is 5.13 Å². The van der Waals surface area contributed by atoms with Gasteiger partial charge in [-0.05, 0) is 48.4 Å². The van der Waals surface area contributed by atoms with Crippen LogP contribution in [-0.4, -0.2) is 32.6 Å². The predicted molar refractivity (Wildman–Crippen MR) is 119 cm³/mol. The summed E-state index contributed by atoms with van der Waals surface area (Å²) in [6.45, 7) is 1.80. The summed E-state index contributed by atoms with van der Waals surface area (Å²) in [6, 6.07) is 11.6. The third kappa shape index (κ3) is 4.36. The van der Waals surface area contributed by atoms with Crippen LogP contribution >= 0.6 is 35.3 Å². The van der Waals surface area contributed by atoms with Crippen molar-refractivity contribution >= 4 is 72.9 Å². The zero-order chi connectivity index (χ0) is 20.5. The molecule has 2 aromatic carbocycles. The highest BCUT2D eigenvalue weighted by Gasteiger charge is 2.33. The topological polar surface area (TPSA) is 62.3 Å². The monoisotopic (exact) mass is 443 g/mol. The number of benzene rings is 2. The van der Waals surface area contributed by atoms with E-state index in [2.05, 4.69) is 10.3 Å². The van der Waals surface area contributed by atoms with E-state index in [1.807, 2.05) is 25.1 Å². The van der Waals surface area contributed by atoms with Crippen LogP contribution in [0, 0.1) is 12.7 Å². The molecular formula is C20H14FN3O2S3. The van der Waals surface area contributed by atoms with Gasteiger partial charge in [0, 0.05) is 0 Å². The molecule has 1 saturated heterocycles. The second-order valence-corrected chi connectivity index (χ2v) is 9.06. The highest BCUT2D eigenvalue weighted by molar-refractivity contribution is 8.26. The Hall–Kier alpha value is -2.62. The molecule has 0 unspecified atom stereocenters. The number of thiazole rings is 1. The van der Waals surface area contributed by atoms with E-state index in [0.29, 0.717) is 19.9 Å². The van der Waals surface area contributed by atoms with E-state index < -0.39 is 0 Å². The number of carbonyl (C=O) groups excluding carboxylic acids is 2. The lowest BCUT2D eigenvalue weighted by molar-refractivity contribution is -0.126. The van der Waals surface area contributed by atoms with E-state index in [4.69, 9.17) is 12.2 Å². The van der Waals surface area contributed by atoms with Crippen molar-refractivity contribution in [3.8, 4) is 0 Å². The van der Waals surface area contributed by atoms with E-state index >= 15 is 0 Å². The second-order valence-electron chi connectivity index (χ2n) is 6.36. The molecule has 146 valence electrons. The van der Waals surface area contributed by atoms with Crippen LogP contribution < -0.4 is 5.32 Å². The predicted octanol–water partition coefficient (Wildman–Crippen LogP) is 4.58. The molecule has 0 spiro atoms. The maximum atomic E-state index is 13.0. The number of aryl methyl sites for hydroxylation is 1. The Bertz CT molecular complexity index is 1170. The number of amides is 2. The number of nitrogens with zero attached hydrogens (tertiary/aromatic N) is 2. The van der Waals surface area contributed by atoms with Gasteiger partial charge in [-0.25, -0.2) is 9.37 Å². The minimum Gasteiger partial charge on any atom is -0.300 e. The molecule has 0 saturated carbocycles. The molecule has 0 bridgehead atoms. The number of carbonyl (C=O) groups is 2. The fourth-order valence-corrected chi connectivity index (χ4v) is 4.97. The first-order valence-electron chi connectivity index (χ1n) is 8.57. The van der Waals surface area contributed by atoms with Crippen LogP contribution in [0.1, 0.15) is 11.1 Å². The van der Waals surface area contributed by atoms with Crippen molar-refractivity contribution < 1.29 is 14.0 Å². The zero-order valence-corrected chi connectivity index (χ0v) is 17.6. The average molecular weight is 444 g/mol. The third-order valence-electron chi connectivity index (χ3n) is 4.13. The number of thioether (sulfide) groups is 1. The summed E-state index contributed by atoms with van der Waals surface area (Å²) in [5.41, 5.74) is 2.61. The first kappa shape index (κ1) is 19.7. The Kier molecular flexibility index (Phi) is 5.44. The minimum atomic E-state index is -0.375. The van der Waals surface area contributed by atoms with Gasteiger partial charge in [-0.1, -0.05) is 53.5 Å².